The molecular weight excluding hydrogens is 228 g/mol. The normalized spacial score (nSPS) is 9.89. The fourth-order valence-electron chi connectivity index (χ4n) is 1.40. The molecule has 1 aromatic heterocycles. The molecule has 3 N–H and O–H groups in total. The Morgan fingerprint density at radius 2 is 2.00 bits per heavy atom. The smallest absolute Gasteiger partial charge is 0.239 e. The van der Waals surface area contributed by atoms with Crippen molar-refractivity contribution in [3.05, 3.63) is 18.3 Å². The van der Waals surface area contributed by atoms with Gasteiger partial charge in [0.25, 0.3) is 0 Å². The van der Waals surface area contributed by atoms with Crippen LogP contribution in [0.3, 0.4) is 0 Å². The van der Waals surface area contributed by atoms with E-state index in [2.05, 4.69) is 27.9 Å². The Bertz CT molecular complexity index is 368. The van der Waals surface area contributed by atoms with Crippen LogP contribution in [0.4, 0.5) is 11.5 Å². The van der Waals surface area contributed by atoms with E-state index in [-0.39, 0.29) is 12.5 Å². The number of nitrogens with zero attached hydrogens (tertiary/aromatic N) is 1. The second kappa shape index (κ2) is 8.33. The van der Waals surface area contributed by atoms with Gasteiger partial charge in [-0.15, -0.1) is 0 Å². The van der Waals surface area contributed by atoms with Crippen molar-refractivity contribution in [2.24, 2.45) is 0 Å². The van der Waals surface area contributed by atoms with E-state index in [9.17, 15) is 4.79 Å². The number of hydrogen-bond acceptors (Lipinski definition) is 4. The quantitative estimate of drug-likeness (QED) is 0.658. The van der Waals surface area contributed by atoms with Gasteiger partial charge in [-0.05, 0) is 18.9 Å². The Morgan fingerprint density at radius 1 is 1.22 bits per heavy atom. The van der Waals surface area contributed by atoms with Crippen LogP contribution in [-0.2, 0) is 4.79 Å². The highest BCUT2D eigenvalue weighted by Crippen LogP contribution is 2.11. The number of hydrogen-bond donors (Lipinski definition) is 3. The van der Waals surface area contributed by atoms with E-state index >= 15 is 0 Å². The molecule has 0 saturated heterocycles. The second-order valence-corrected chi connectivity index (χ2v) is 4.06. The second-order valence-electron chi connectivity index (χ2n) is 4.06. The zero-order valence-electron chi connectivity index (χ0n) is 11.1. The third-order valence-corrected chi connectivity index (χ3v) is 2.34. The summed E-state index contributed by atoms with van der Waals surface area (Å²) in [6.07, 6.45) is 3.73. The SMILES string of the molecule is CCCNC(=O)CNc1ccnc(NCCC)c1. The van der Waals surface area contributed by atoms with Gasteiger partial charge in [0.1, 0.15) is 5.82 Å². The Kier molecular flexibility index (Phi) is 6.61. The van der Waals surface area contributed by atoms with E-state index in [1.807, 2.05) is 19.1 Å². The number of carbonyl (C=O) groups is 1. The molecule has 0 aliphatic rings. The molecule has 5 nitrogen and oxygen atoms in total. The fraction of sp³-hybridized carbons (Fsp3) is 0.538. The monoisotopic (exact) mass is 250 g/mol. The summed E-state index contributed by atoms with van der Waals surface area (Å²) in [6.45, 7) is 6.04. The van der Waals surface area contributed by atoms with E-state index in [4.69, 9.17) is 0 Å². The largest absolute Gasteiger partial charge is 0.376 e. The number of nitrogens with one attached hydrogen (secondary N) is 3. The summed E-state index contributed by atoms with van der Waals surface area (Å²) < 4.78 is 0. The predicted molar refractivity (Wildman–Crippen MR) is 74.8 cm³/mol. The van der Waals surface area contributed by atoms with Gasteiger partial charge in [-0.1, -0.05) is 13.8 Å². The summed E-state index contributed by atoms with van der Waals surface area (Å²) in [5.41, 5.74) is 0.898. The summed E-state index contributed by atoms with van der Waals surface area (Å²) >= 11 is 0. The molecule has 0 atom stereocenters. The number of amides is 1. The molecule has 18 heavy (non-hydrogen) atoms. The molecular formula is C13H22N4O. The molecule has 0 radical (unpaired) electrons. The van der Waals surface area contributed by atoms with E-state index in [0.717, 1.165) is 37.4 Å². The maximum Gasteiger partial charge on any atom is 0.239 e. The Hall–Kier alpha value is -1.78. The van der Waals surface area contributed by atoms with Gasteiger partial charge in [-0.2, -0.15) is 0 Å². The first kappa shape index (κ1) is 14.3. The van der Waals surface area contributed by atoms with Crippen molar-refractivity contribution in [1.29, 1.82) is 0 Å². The molecule has 0 aliphatic carbocycles. The van der Waals surface area contributed by atoms with Crippen LogP contribution in [0.25, 0.3) is 0 Å². The van der Waals surface area contributed by atoms with E-state index < -0.39 is 0 Å². The minimum absolute atomic E-state index is 0.0109. The molecule has 0 aliphatic heterocycles. The Labute approximate surface area is 108 Å². The summed E-state index contributed by atoms with van der Waals surface area (Å²) in [5.74, 6) is 0.840. The van der Waals surface area contributed by atoms with Crippen molar-refractivity contribution in [1.82, 2.24) is 10.3 Å². The Balaban J connectivity index is 2.39. The predicted octanol–water partition coefficient (Wildman–Crippen LogP) is 1.84. The molecule has 0 spiro atoms. The van der Waals surface area contributed by atoms with Crippen LogP contribution in [0, 0.1) is 0 Å². The van der Waals surface area contributed by atoms with Crippen molar-refractivity contribution in [3.8, 4) is 0 Å². The first-order valence-corrected chi connectivity index (χ1v) is 6.46. The van der Waals surface area contributed by atoms with Crippen molar-refractivity contribution >= 4 is 17.4 Å². The lowest BCUT2D eigenvalue weighted by atomic mass is 10.3. The fourth-order valence-corrected chi connectivity index (χ4v) is 1.40. The highest BCUT2D eigenvalue weighted by molar-refractivity contribution is 5.80. The first-order chi connectivity index (χ1) is 8.76. The third-order valence-electron chi connectivity index (χ3n) is 2.34. The van der Waals surface area contributed by atoms with E-state index in [0.29, 0.717) is 0 Å². The van der Waals surface area contributed by atoms with Crippen LogP contribution in [0.5, 0.6) is 0 Å². The number of aromatic nitrogens is 1. The lowest BCUT2D eigenvalue weighted by Crippen LogP contribution is -2.30. The summed E-state index contributed by atoms with van der Waals surface area (Å²) in [5, 5.41) is 9.10. The van der Waals surface area contributed by atoms with Gasteiger partial charge in [0, 0.05) is 31.0 Å². The molecule has 0 aromatic carbocycles. The lowest BCUT2D eigenvalue weighted by molar-refractivity contribution is -0.119. The standard InChI is InChI=1S/C13H22N4O/c1-3-6-14-12-9-11(5-8-15-12)17-10-13(18)16-7-4-2/h5,8-9H,3-4,6-7,10H2,1-2H3,(H,16,18)(H2,14,15,17). The molecule has 1 amide bonds. The third kappa shape index (κ3) is 5.52. The van der Waals surface area contributed by atoms with Crippen molar-refractivity contribution in [3.63, 3.8) is 0 Å². The summed E-state index contributed by atoms with van der Waals surface area (Å²) in [4.78, 5) is 15.6. The van der Waals surface area contributed by atoms with Crippen molar-refractivity contribution in [2.75, 3.05) is 30.3 Å². The van der Waals surface area contributed by atoms with Crippen LogP contribution in [0.2, 0.25) is 0 Å². The lowest BCUT2D eigenvalue weighted by Gasteiger charge is -2.09. The van der Waals surface area contributed by atoms with Crippen molar-refractivity contribution < 1.29 is 4.79 Å². The van der Waals surface area contributed by atoms with Crippen LogP contribution in [-0.4, -0.2) is 30.5 Å². The highest BCUT2D eigenvalue weighted by Gasteiger charge is 2.00. The van der Waals surface area contributed by atoms with Gasteiger partial charge in [0.2, 0.25) is 5.91 Å². The molecule has 0 bridgehead atoms. The molecule has 100 valence electrons. The van der Waals surface area contributed by atoms with Crippen LogP contribution < -0.4 is 16.0 Å². The van der Waals surface area contributed by atoms with E-state index in [1.54, 1.807) is 6.20 Å². The molecule has 5 heteroatoms. The minimum atomic E-state index is 0.0109. The van der Waals surface area contributed by atoms with Crippen LogP contribution >= 0.6 is 0 Å². The number of pyridine rings is 1. The van der Waals surface area contributed by atoms with Crippen LogP contribution in [0.15, 0.2) is 18.3 Å². The minimum Gasteiger partial charge on any atom is -0.376 e. The zero-order chi connectivity index (χ0) is 13.2. The maximum absolute atomic E-state index is 11.4. The van der Waals surface area contributed by atoms with Gasteiger partial charge in [-0.25, -0.2) is 4.98 Å². The summed E-state index contributed by atoms with van der Waals surface area (Å²) in [7, 11) is 0. The zero-order valence-corrected chi connectivity index (χ0v) is 11.1. The van der Waals surface area contributed by atoms with Gasteiger partial charge >= 0.3 is 0 Å². The number of carbonyl (C=O) groups excluding carboxylic acids is 1. The first-order valence-electron chi connectivity index (χ1n) is 6.46. The molecule has 1 aromatic rings. The summed E-state index contributed by atoms with van der Waals surface area (Å²) in [6, 6.07) is 3.76. The molecule has 1 rings (SSSR count). The molecule has 0 fully saturated rings. The van der Waals surface area contributed by atoms with Crippen molar-refractivity contribution in [2.45, 2.75) is 26.7 Å². The Morgan fingerprint density at radius 3 is 2.72 bits per heavy atom. The molecule has 1 heterocycles. The maximum atomic E-state index is 11.4. The molecule has 0 saturated carbocycles. The van der Waals surface area contributed by atoms with Gasteiger partial charge in [-0.3, -0.25) is 4.79 Å². The topological polar surface area (TPSA) is 66.0 Å². The highest BCUT2D eigenvalue weighted by atomic mass is 16.1. The van der Waals surface area contributed by atoms with Gasteiger partial charge in [0.05, 0.1) is 6.54 Å². The number of rotatable bonds is 8. The van der Waals surface area contributed by atoms with Gasteiger partial charge in [0.15, 0.2) is 0 Å². The van der Waals surface area contributed by atoms with E-state index in [1.165, 1.54) is 0 Å². The average molecular weight is 250 g/mol. The average Bonchev–Trinajstić information content (AvgIpc) is 2.41. The molecule has 0 unspecified atom stereocenters. The van der Waals surface area contributed by atoms with Gasteiger partial charge < -0.3 is 16.0 Å². The van der Waals surface area contributed by atoms with Crippen LogP contribution in [0.1, 0.15) is 26.7 Å². The number of anilines is 2.